The summed E-state index contributed by atoms with van der Waals surface area (Å²) in [5.41, 5.74) is 0.958. The number of carbonyl (C=O) groups is 1. The van der Waals surface area contributed by atoms with Crippen LogP contribution in [0.4, 0.5) is 15.7 Å². The SMILES string of the molecule is Cc1csc(Nc2ncc(Br)cc2OC2CCN(C(=O)NC(C)C)C2)n1. The van der Waals surface area contributed by atoms with Gasteiger partial charge in [-0.3, -0.25) is 0 Å². The Balaban J connectivity index is 1.67. The molecule has 7 nitrogen and oxygen atoms in total. The van der Waals surface area contributed by atoms with Crippen LogP contribution in [0.2, 0.25) is 0 Å². The number of urea groups is 1. The van der Waals surface area contributed by atoms with E-state index in [0.717, 1.165) is 21.7 Å². The van der Waals surface area contributed by atoms with Gasteiger partial charge in [0.1, 0.15) is 6.10 Å². The maximum atomic E-state index is 12.1. The first kappa shape index (κ1) is 18.9. The van der Waals surface area contributed by atoms with E-state index in [2.05, 4.69) is 36.5 Å². The topological polar surface area (TPSA) is 79.4 Å². The first-order valence-electron chi connectivity index (χ1n) is 8.47. The van der Waals surface area contributed by atoms with Gasteiger partial charge < -0.3 is 20.3 Å². The molecule has 1 fully saturated rings. The minimum Gasteiger partial charge on any atom is -0.485 e. The van der Waals surface area contributed by atoms with Crippen LogP contribution in [-0.4, -0.2) is 46.1 Å². The van der Waals surface area contributed by atoms with E-state index in [4.69, 9.17) is 4.74 Å². The van der Waals surface area contributed by atoms with Gasteiger partial charge in [-0.05, 0) is 42.8 Å². The molecule has 3 heterocycles. The first-order valence-corrected chi connectivity index (χ1v) is 10.1. The summed E-state index contributed by atoms with van der Waals surface area (Å²) in [6.45, 7) is 7.09. The van der Waals surface area contributed by atoms with E-state index in [1.165, 1.54) is 11.3 Å². The molecule has 140 valence electrons. The molecule has 1 aliphatic rings. The lowest BCUT2D eigenvalue weighted by molar-refractivity contribution is 0.185. The highest BCUT2D eigenvalue weighted by Gasteiger charge is 2.28. The smallest absolute Gasteiger partial charge is 0.317 e. The van der Waals surface area contributed by atoms with Gasteiger partial charge >= 0.3 is 6.03 Å². The van der Waals surface area contributed by atoms with Crippen molar-refractivity contribution in [3.63, 3.8) is 0 Å². The molecule has 26 heavy (non-hydrogen) atoms. The van der Waals surface area contributed by atoms with Crippen molar-refractivity contribution in [2.45, 2.75) is 39.3 Å². The van der Waals surface area contributed by atoms with Crippen LogP contribution in [0.25, 0.3) is 0 Å². The van der Waals surface area contributed by atoms with Crippen LogP contribution in [-0.2, 0) is 0 Å². The predicted octanol–water partition coefficient (Wildman–Crippen LogP) is 3.92. The van der Waals surface area contributed by atoms with Crippen LogP contribution in [0.15, 0.2) is 22.1 Å². The fourth-order valence-electron chi connectivity index (χ4n) is 2.64. The van der Waals surface area contributed by atoms with Gasteiger partial charge in [-0.2, -0.15) is 0 Å². The molecule has 0 radical (unpaired) electrons. The summed E-state index contributed by atoms with van der Waals surface area (Å²) in [5, 5.41) is 8.88. The largest absolute Gasteiger partial charge is 0.485 e. The molecule has 1 atom stereocenters. The van der Waals surface area contributed by atoms with E-state index >= 15 is 0 Å². The third-order valence-corrected chi connectivity index (χ3v) is 5.11. The van der Waals surface area contributed by atoms with Crippen molar-refractivity contribution in [2.24, 2.45) is 0 Å². The van der Waals surface area contributed by atoms with Crippen LogP contribution in [0.1, 0.15) is 26.0 Å². The zero-order valence-electron chi connectivity index (χ0n) is 15.0. The maximum absolute atomic E-state index is 12.1. The van der Waals surface area contributed by atoms with E-state index in [-0.39, 0.29) is 18.2 Å². The lowest BCUT2D eigenvalue weighted by atomic mass is 10.3. The zero-order valence-corrected chi connectivity index (χ0v) is 17.4. The minimum absolute atomic E-state index is 0.0462. The van der Waals surface area contributed by atoms with Crippen LogP contribution in [0.3, 0.4) is 0 Å². The average molecular weight is 440 g/mol. The number of nitrogens with one attached hydrogen (secondary N) is 2. The quantitative estimate of drug-likeness (QED) is 0.737. The number of halogens is 1. The van der Waals surface area contributed by atoms with E-state index in [1.807, 2.05) is 32.2 Å². The molecular formula is C17H22BrN5O2S. The van der Waals surface area contributed by atoms with Crippen molar-refractivity contribution in [3.8, 4) is 5.75 Å². The van der Waals surface area contributed by atoms with Gasteiger partial charge in [-0.1, -0.05) is 0 Å². The van der Waals surface area contributed by atoms with E-state index in [1.54, 1.807) is 11.1 Å². The number of rotatable bonds is 5. The summed E-state index contributed by atoms with van der Waals surface area (Å²) in [7, 11) is 0. The second-order valence-corrected chi connectivity index (χ2v) is 8.27. The van der Waals surface area contributed by atoms with Gasteiger partial charge in [-0.15, -0.1) is 11.3 Å². The highest BCUT2D eigenvalue weighted by molar-refractivity contribution is 9.10. The summed E-state index contributed by atoms with van der Waals surface area (Å²) in [6, 6.07) is 1.96. The van der Waals surface area contributed by atoms with Crippen molar-refractivity contribution >= 4 is 44.2 Å². The molecule has 0 bridgehead atoms. The third-order valence-electron chi connectivity index (χ3n) is 3.80. The van der Waals surface area contributed by atoms with Crippen molar-refractivity contribution in [1.82, 2.24) is 20.2 Å². The first-order chi connectivity index (χ1) is 12.4. The number of hydrogen-bond acceptors (Lipinski definition) is 6. The number of amides is 2. The highest BCUT2D eigenvalue weighted by Crippen LogP contribution is 2.31. The molecule has 2 aromatic rings. The van der Waals surface area contributed by atoms with E-state index in [0.29, 0.717) is 24.7 Å². The van der Waals surface area contributed by atoms with E-state index in [9.17, 15) is 4.79 Å². The molecule has 9 heteroatoms. The van der Waals surface area contributed by atoms with Gasteiger partial charge in [-0.25, -0.2) is 14.8 Å². The molecule has 0 saturated carbocycles. The highest BCUT2D eigenvalue weighted by atomic mass is 79.9. The second-order valence-electron chi connectivity index (χ2n) is 6.50. The molecule has 1 aliphatic heterocycles. The molecular weight excluding hydrogens is 418 g/mol. The fourth-order valence-corrected chi connectivity index (χ4v) is 3.64. The number of carbonyl (C=O) groups excluding carboxylic acids is 1. The summed E-state index contributed by atoms with van der Waals surface area (Å²) in [6.07, 6.45) is 2.43. The fraction of sp³-hybridized carbons (Fsp3) is 0.471. The second kappa shape index (κ2) is 8.22. The van der Waals surface area contributed by atoms with Gasteiger partial charge in [0.05, 0.1) is 12.2 Å². The average Bonchev–Trinajstić information content (AvgIpc) is 3.18. The monoisotopic (exact) mass is 439 g/mol. The number of aryl methyl sites for hydroxylation is 1. The normalized spacial score (nSPS) is 16.8. The summed E-state index contributed by atoms with van der Waals surface area (Å²) >= 11 is 4.96. The Labute approximate surface area is 165 Å². The molecule has 1 unspecified atom stereocenters. The van der Waals surface area contributed by atoms with E-state index < -0.39 is 0 Å². The third kappa shape index (κ3) is 4.85. The number of pyridine rings is 1. The van der Waals surface area contributed by atoms with Crippen molar-refractivity contribution < 1.29 is 9.53 Å². The van der Waals surface area contributed by atoms with Gasteiger partial charge in [0, 0.05) is 35.1 Å². The number of likely N-dealkylation sites (tertiary alicyclic amines) is 1. The number of anilines is 2. The van der Waals surface area contributed by atoms with Gasteiger partial charge in [0.2, 0.25) is 0 Å². The molecule has 2 amide bonds. The van der Waals surface area contributed by atoms with Gasteiger partial charge in [0.25, 0.3) is 0 Å². The Kier molecular flexibility index (Phi) is 5.98. The van der Waals surface area contributed by atoms with Crippen molar-refractivity contribution in [3.05, 3.63) is 27.8 Å². The Hall–Kier alpha value is -1.87. The molecule has 0 aromatic carbocycles. The Bertz CT molecular complexity index is 782. The number of ether oxygens (including phenoxy) is 1. The molecule has 1 saturated heterocycles. The van der Waals surface area contributed by atoms with Crippen LogP contribution < -0.4 is 15.4 Å². The molecule has 3 rings (SSSR count). The number of nitrogens with zero attached hydrogens (tertiary/aromatic N) is 3. The standard InChI is InChI=1S/C17H22BrN5O2S/c1-10(2)20-17(24)23-5-4-13(8-23)25-14-6-12(18)7-19-15(14)22-16-21-11(3)9-26-16/h6-7,9-10,13H,4-5,8H2,1-3H3,(H,20,24)(H,19,21,22). The number of thiazole rings is 1. The van der Waals surface area contributed by atoms with Crippen LogP contribution >= 0.6 is 27.3 Å². The predicted molar refractivity (Wildman–Crippen MR) is 106 cm³/mol. The maximum Gasteiger partial charge on any atom is 0.317 e. The lowest BCUT2D eigenvalue weighted by Crippen LogP contribution is -2.42. The summed E-state index contributed by atoms with van der Waals surface area (Å²) in [5.74, 6) is 1.26. The zero-order chi connectivity index (χ0) is 18.7. The molecule has 0 spiro atoms. The van der Waals surface area contributed by atoms with Crippen LogP contribution in [0, 0.1) is 6.92 Å². The van der Waals surface area contributed by atoms with Crippen molar-refractivity contribution in [2.75, 3.05) is 18.4 Å². The Morgan fingerprint density at radius 2 is 2.31 bits per heavy atom. The van der Waals surface area contributed by atoms with Crippen molar-refractivity contribution in [1.29, 1.82) is 0 Å². The minimum atomic E-state index is -0.0670. The van der Waals surface area contributed by atoms with Gasteiger partial charge in [0.15, 0.2) is 16.7 Å². The molecule has 2 N–H and O–H groups in total. The number of aromatic nitrogens is 2. The molecule has 2 aromatic heterocycles. The lowest BCUT2D eigenvalue weighted by Gasteiger charge is -2.20. The summed E-state index contributed by atoms with van der Waals surface area (Å²) in [4.78, 5) is 22.7. The molecule has 0 aliphatic carbocycles. The van der Waals surface area contributed by atoms with Crippen LogP contribution in [0.5, 0.6) is 5.75 Å². The summed E-state index contributed by atoms with van der Waals surface area (Å²) < 4.78 is 6.99. The Morgan fingerprint density at radius 1 is 1.50 bits per heavy atom. The Morgan fingerprint density at radius 3 is 3.00 bits per heavy atom. The number of hydrogen-bond donors (Lipinski definition) is 2.